The van der Waals surface area contributed by atoms with Crippen LogP contribution in [0.4, 0.5) is 39.5 Å². The molecular weight excluding hydrogens is 387 g/mol. The summed E-state index contributed by atoms with van der Waals surface area (Å²) in [5.41, 5.74) is -0.876. The molecular formula is C14H11F9O3. The second-order valence-electron chi connectivity index (χ2n) is 5.19. The quantitative estimate of drug-likeness (QED) is 0.572. The predicted octanol–water partition coefficient (Wildman–Crippen LogP) is 4.36. The van der Waals surface area contributed by atoms with Gasteiger partial charge in [-0.1, -0.05) is 12.1 Å². The van der Waals surface area contributed by atoms with E-state index in [1.165, 1.54) is 0 Å². The molecule has 3 nitrogen and oxygen atoms in total. The first-order chi connectivity index (χ1) is 11.6. The molecule has 1 atom stereocenters. The van der Waals surface area contributed by atoms with E-state index in [0.717, 1.165) is 31.4 Å². The molecule has 0 amide bonds. The maximum atomic E-state index is 13.5. The minimum atomic E-state index is -7.03. The van der Waals surface area contributed by atoms with Crippen molar-refractivity contribution in [2.45, 2.75) is 36.5 Å². The Bertz CT molecular complexity index is 655. The zero-order valence-corrected chi connectivity index (χ0v) is 12.8. The summed E-state index contributed by atoms with van der Waals surface area (Å²) in [5.74, 6) is -20.8. The van der Waals surface area contributed by atoms with Crippen LogP contribution in [0, 0.1) is 0 Å². The molecule has 0 bridgehead atoms. The van der Waals surface area contributed by atoms with Crippen molar-refractivity contribution in [1.82, 2.24) is 0 Å². The Labute approximate surface area is 140 Å². The van der Waals surface area contributed by atoms with Crippen LogP contribution in [-0.2, 0) is 4.74 Å². The molecule has 26 heavy (non-hydrogen) atoms. The standard InChI is InChI=1S/C14H11F9O3/c1-26-10(25)8-4-2-3-7(5-8)9(24)6-11(15,16)12(17,18)13(19,20)14(21,22)23/h2-5,9,24H,6H2,1H3. The fourth-order valence-corrected chi connectivity index (χ4v) is 1.89. The Morgan fingerprint density at radius 1 is 1.04 bits per heavy atom. The van der Waals surface area contributed by atoms with Gasteiger partial charge in [0, 0.05) is 6.42 Å². The smallest absolute Gasteiger partial charge is 0.460 e. The van der Waals surface area contributed by atoms with E-state index >= 15 is 0 Å². The van der Waals surface area contributed by atoms with Gasteiger partial charge in [0.25, 0.3) is 0 Å². The Kier molecular flexibility index (Phi) is 5.91. The van der Waals surface area contributed by atoms with Crippen molar-refractivity contribution in [1.29, 1.82) is 0 Å². The predicted molar refractivity (Wildman–Crippen MR) is 68.3 cm³/mol. The van der Waals surface area contributed by atoms with Crippen molar-refractivity contribution < 1.29 is 54.2 Å². The molecule has 0 saturated heterocycles. The molecule has 1 aromatic rings. The van der Waals surface area contributed by atoms with E-state index in [-0.39, 0.29) is 5.56 Å². The second kappa shape index (κ2) is 6.97. The lowest BCUT2D eigenvalue weighted by atomic mass is 9.94. The minimum Gasteiger partial charge on any atom is -0.465 e. The van der Waals surface area contributed by atoms with E-state index in [4.69, 9.17) is 0 Å². The van der Waals surface area contributed by atoms with E-state index in [1.54, 1.807) is 0 Å². The number of alkyl halides is 9. The fraction of sp³-hybridized carbons (Fsp3) is 0.500. The first kappa shape index (κ1) is 22.1. The summed E-state index contributed by atoms with van der Waals surface area (Å²) in [5, 5.41) is 9.58. The van der Waals surface area contributed by atoms with Gasteiger partial charge in [-0.05, 0) is 17.7 Å². The molecule has 148 valence electrons. The average molecular weight is 398 g/mol. The van der Waals surface area contributed by atoms with Crippen LogP contribution >= 0.6 is 0 Å². The zero-order chi connectivity index (χ0) is 20.6. The molecule has 0 saturated carbocycles. The Morgan fingerprint density at radius 2 is 1.58 bits per heavy atom. The third-order valence-electron chi connectivity index (χ3n) is 3.35. The highest BCUT2D eigenvalue weighted by Crippen LogP contribution is 2.55. The summed E-state index contributed by atoms with van der Waals surface area (Å²) in [6.07, 6.45) is -11.9. The number of carbonyl (C=O) groups is 1. The topological polar surface area (TPSA) is 46.5 Å². The van der Waals surface area contributed by atoms with Crippen LogP contribution in [0.5, 0.6) is 0 Å². The number of carbonyl (C=O) groups excluding carboxylic acids is 1. The molecule has 0 spiro atoms. The van der Waals surface area contributed by atoms with Crippen LogP contribution in [0.1, 0.15) is 28.4 Å². The normalized spacial score (nSPS) is 14.9. The van der Waals surface area contributed by atoms with Crippen LogP contribution in [0.25, 0.3) is 0 Å². The van der Waals surface area contributed by atoms with E-state index in [1.807, 2.05) is 0 Å². The highest BCUT2D eigenvalue weighted by Gasteiger charge is 2.81. The number of methoxy groups -OCH3 is 1. The molecule has 1 unspecified atom stereocenters. The Balaban J connectivity index is 3.14. The van der Waals surface area contributed by atoms with E-state index in [2.05, 4.69) is 4.74 Å². The molecule has 12 heteroatoms. The van der Waals surface area contributed by atoms with E-state index in [9.17, 15) is 49.4 Å². The number of ether oxygens (including phenoxy) is 1. The Hall–Kier alpha value is -1.98. The van der Waals surface area contributed by atoms with E-state index in [0.29, 0.717) is 0 Å². The van der Waals surface area contributed by atoms with Crippen molar-refractivity contribution >= 4 is 5.97 Å². The lowest BCUT2D eigenvalue weighted by Gasteiger charge is -2.34. The van der Waals surface area contributed by atoms with E-state index < -0.39 is 48.0 Å². The van der Waals surface area contributed by atoms with Crippen molar-refractivity contribution in [3.63, 3.8) is 0 Å². The summed E-state index contributed by atoms with van der Waals surface area (Å²) >= 11 is 0. The number of hydrogen-bond acceptors (Lipinski definition) is 3. The molecule has 0 aliphatic heterocycles. The van der Waals surface area contributed by atoms with Crippen molar-refractivity contribution in [2.24, 2.45) is 0 Å². The molecule has 0 aromatic heterocycles. The van der Waals surface area contributed by atoms with Gasteiger partial charge < -0.3 is 9.84 Å². The van der Waals surface area contributed by atoms with Gasteiger partial charge >= 0.3 is 29.9 Å². The fourth-order valence-electron chi connectivity index (χ4n) is 1.89. The SMILES string of the molecule is COC(=O)c1cccc(C(O)CC(F)(F)C(F)(F)C(F)(F)C(F)(F)F)c1. The second-order valence-corrected chi connectivity index (χ2v) is 5.19. The number of halogens is 9. The minimum absolute atomic E-state index is 0.292. The summed E-state index contributed by atoms with van der Waals surface area (Å²) in [6, 6.07) is 3.76. The molecule has 1 N–H and O–H groups in total. The van der Waals surface area contributed by atoms with Gasteiger partial charge in [0.1, 0.15) is 0 Å². The number of rotatable bonds is 6. The maximum Gasteiger partial charge on any atom is 0.460 e. The number of hydrogen-bond donors (Lipinski definition) is 1. The third-order valence-corrected chi connectivity index (χ3v) is 3.35. The van der Waals surface area contributed by atoms with Crippen LogP contribution in [0.15, 0.2) is 24.3 Å². The van der Waals surface area contributed by atoms with Crippen molar-refractivity contribution in [3.8, 4) is 0 Å². The molecule has 0 aliphatic rings. The van der Waals surface area contributed by atoms with Crippen LogP contribution in [0.2, 0.25) is 0 Å². The third kappa shape index (κ3) is 3.89. The number of esters is 1. The Morgan fingerprint density at radius 3 is 2.04 bits per heavy atom. The summed E-state index contributed by atoms with van der Waals surface area (Å²) in [4.78, 5) is 11.3. The average Bonchev–Trinajstić information content (AvgIpc) is 2.52. The van der Waals surface area contributed by atoms with Gasteiger partial charge in [0.15, 0.2) is 0 Å². The van der Waals surface area contributed by atoms with Gasteiger partial charge in [-0.25, -0.2) is 4.79 Å². The molecule has 0 radical (unpaired) electrons. The monoisotopic (exact) mass is 398 g/mol. The summed E-state index contributed by atoms with van der Waals surface area (Å²) in [6.45, 7) is 0. The summed E-state index contributed by atoms with van der Waals surface area (Å²) < 4.78 is 119. The van der Waals surface area contributed by atoms with Crippen LogP contribution < -0.4 is 0 Å². The lowest BCUT2D eigenvalue weighted by molar-refractivity contribution is -0.398. The largest absolute Gasteiger partial charge is 0.465 e. The maximum absolute atomic E-state index is 13.5. The lowest BCUT2D eigenvalue weighted by Crippen LogP contribution is -2.61. The van der Waals surface area contributed by atoms with Crippen molar-refractivity contribution in [3.05, 3.63) is 35.4 Å². The van der Waals surface area contributed by atoms with Gasteiger partial charge in [-0.15, -0.1) is 0 Å². The van der Waals surface area contributed by atoms with Crippen LogP contribution in [0.3, 0.4) is 0 Å². The van der Waals surface area contributed by atoms with Gasteiger partial charge in [-0.2, -0.15) is 39.5 Å². The first-order valence-corrected chi connectivity index (χ1v) is 6.65. The summed E-state index contributed by atoms with van der Waals surface area (Å²) in [7, 11) is 0.958. The number of aliphatic hydroxyl groups excluding tert-OH is 1. The van der Waals surface area contributed by atoms with Gasteiger partial charge in [-0.3, -0.25) is 0 Å². The molecule has 1 rings (SSSR count). The van der Waals surface area contributed by atoms with Gasteiger partial charge in [0.2, 0.25) is 0 Å². The first-order valence-electron chi connectivity index (χ1n) is 6.65. The van der Waals surface area contributed by atoms with Gasteiger partial charge in [0.05, 0.1) is 18.8 Å². The molecule has 0 heterocycles. The van der Waals surface area contributed by atoms with Crippen molar-refractivity contribution in [2.75, 3.05) is 7.11 Å². The zero-order valence-electron chi connectivity index (χ0n) is 12.8. The molecule has 0 aliphatic carbocycles. The van der Waals surface area contributed by atoms with Crippen LogP contribution in [-0.4, -0.2) is 42.1 Å². The number of aliphatic hydroxyl groups is 1. The molecule has 1 aromatic carbocycles. The highest BCUT2D eigenvalue weighted by molar-refractivity contribution is 5.89. The molecule has 0 fully saturated rings. The number of benzene rings is 1. The highest BCUT2D eigenvalue weighted by atomic mass is 19.4.